The summed E-state index contributed by atoms with van der Waals surface area (Å²) < 4.78 is 16.7. The van der Waals surface area contributed by atoms with Crippen molar-refractivity contribution in [1.29, 1.82) is 0 Å². The van der Waals surface area contributed by atoms with Gasteiger partial charge in [-0.15, -0.1) is 0 Å². The second-order valence-electron chi connectivity index (χ2n) is 6.08. The fourth-order valence-electron chi connectivity index (χ4n) is 2.67. The molecule has 136 valence electrons. The van der Waals surface area contributed by atoms with E-state index >= 15 is 0 Å². The molecule has 0 aromatic heterocycles. The Morgan fingerprint density at radius 3 is 2.24 bits per heavy atom. The molecule has 0 amide bonds. The molecule has 25 heavy (non-hydrogen) atoms. The van der Waals surface area contributed by atoms with E-state index in [2.05, 4.69) is 38.2 Å². The zero-order chi connectivity index (χ0) is 18.4. The standard InChI is InChI=1S/C20H26ClNO3/c1-13-7-6-8-14(2)20(13)25-15(3)11-22-12-16-9-18(23-4)19(24-5)10-17(16)21/h6-10,15,22H,11-12H2,1-5H3. The Kier molecular flexibility index (Phi) is 6.97. The van der Waals surface area contributed by atoms with Gasteiger partial charge in [-0.2, -0.15) is 0 Å². The van der Waals surface area contributed by atoms with Gasteiger partial charge in [0.05, 0.1) is 14.2 Å². The smallest absolute Gasteiger partial charge is 0.162 e. The topological polar surface area (TPSA) is 39.7 Å². The van der Waals surface area contributed by atoms with E-state index in [1.54, 1.807) is 20.3 Å². The van der Waals surface area contributed by atoms with Crippen LogP contribution in [-0.4, -0.2) is 26.9 Å². The number of ether oxygens (including phenoxy) is 3. The first-order valence-electron chi connectivity index (χ1n) is 8.30. The van der Waals surface area contributed by atoms with Gasteiger partial charge in [0.2, 0.25) is 0 Å². The summed E-state index contributed by atoms with van der Waals surface area (Å²) in [5.41, 5.74) is 3.25. The van der Waals surface area contributed by atoms with Crippen LogP contribution in [-0.2, 0) is 6.54 Å². The minimum atomic E-state index is 0.0405. The predicted molar refractivity (Wildman–Crippen MR) is 102 cm³/mol. The van der Waals surface area contributed by atoms with Gasteiger partial charge in [-0.1, -0.05) is 29.8 Å². The molecule has 0 aliphatic heterocycles. The Hall–Kier alpha value is -1.91. The van der Waals surface area contributed by atoms with Gasteiger partial charge >= 0.3 is 0 Å². The van der Waals surface area contributed by atoms with Crippen molar-refractivity contribution in [2.24, 2.45) is 0 Å². The Bertz CT molecular complexity index is 698. The van der Waals surface area contributed by atoms with Crippen LogP contribution in [0.3, 0.4) is 0 Å². The van der Waals surface area contributed by atoms with E-state index in [-0.39, 0.29) is 6.10 Å². The molecule has 0 heterocycles. The average molecular weight is 364 g/mol. The quantitative estimate of drug-likeness (QED) is 0.747. The number of aryl methyl sites for hydroxylation is 2. The molecule has 1 atom stereocenters. The molecule has 2 aromatic rings. The van der Waals surface area contributed by atoms with Crippen LogP contribution in [0.4, 0.5) is 0 Å². The Morgan fingerprint density at radius 2 is 1.64 bits per heavy atom. The summed E-state index contributed by atoms with van der Waals surface area (Å²) in [7, 11) is 3.21. The third kappa shape index (κ3) is 5.03. The average Bonchev–Trinajstić information content (AvgIpc) is 2.59. The highest BCUT2D eigenvalue weighted by molar-refractivity contribution is 6.31. The summed E-state index contributed by atoms with van der Waals surface area (Å²) in [5, 5.41) is 4.03. The van der Waals surface area contributed by atoms with Crippen molar-refractivity contribution >= 4 is 11.6 Å². The van der Waals surface area contributed by atoms with E-state index in [1.165, 1.54) is 0 Å². The van der Waals surface area contributed by atoms with Crippen molar-refractivity contribution in [2.45, 2.75) is 33.4 Å². The predicted octanol–water partition coefficient (Wildman–Crippen LogP) is 4.53. The van der Waals surface area contributed by atoms with Crippen molar-refractivity contribution in [1.82, 2.24) is 5.32 Å². The number of halogens is 1. The fourth-order valence-corrected chi connectivity index (χ4v) is 2.89. The molecule has 0 radical (unpaired) electrons. The molecular weight excluding hydrogens is 338 g/mol. The van der Waals surface area contributed by atoms with Crippen LogP contribution in [0.5, 0.6) is 17.2 Å². The summed E-state index contributed by atoms with van der Waals surface area (Å²) in [6.45, 7) is 7.50. The lowest BCUT2D eigenvalue weighted by Gasteiger charge is -2.19. The van der Waals surface area contributed by atoms with Gasteiger partial charge in [-0.05, 0) is 43.5 Å². The van der Waals surface area contributed by atoms with Crippen LogP contribution in [0.25, 0.3) is 0 Å². The monoisotopic (exact) mass is 363 g/mol. The molecule has 0 aliphatic rings. The molecule has 0 saturated carbocycles. The van der Waals surface area contributed by atoms with E-state index in [4.69, 9.17) is 25.8 Å². The summed E-state index contributed by atoms with van der Waals surface area (Å²) >= 11 is 6.32. The molecule has 0 aliphatic carbocycles. The maximum Gasteiger partial charge on any atom is 0.162 e. The SMILES string of the molecule is COc1cc(Cl)c(CNCC(C)Oc2c(C)cccc2C)cc1OC. The first kappa shape index (κ1) is 19.4. The second kappa shape index (κ2) is 8.97. The molecular formula is C20H26ClNO3. The van der Waals surface area contributed by atoms with E-state index in [1.807, 2.05) is 12.1 Å². The van der Waals surface area contributed by atoms with E-state index in [9.17, 15) is 0 Å². The lowest BCUT2D eigenvalue weighted by molar-refractivity contribution is 0.214. The molecule has 4 nitrogen and oxygen atoms in total. The van der Waals surface area contributed by atoms with Crippen LogP contribution in [0.2, 0.25) is 5.02 Å². The number of para-hydroxylation sites is 1. The van der Waals surface area contributed by atoms with E-state index in [0.29, 0.717) is 29.6 Å². The molecule has 0 saturated heterocycles. The van der Waals surface area contributed by atoms with Gasteiger partial charge in [0, 0.05) is 24.2 Å². The molecule has 1 unspecified atom stereocenters. The van der Waals surface area contributed by atoms with Gasteiger partial charge in [0.1, 0.15) is 11.9 Å². The highest BCUT2D eigenvalue weighted by Crippen LogP contribution is 2.33. The molecule has 0 spiro atoms. The van der Waals surface area contributed by atoms with Gasteiger partial charge in [-0.3, -0.25) is 0 Å². The fraction of sp³-hybridized carbons (Fsp3) is 0.400. The normalized spacial score (nSPS) is 11.9. The first-order chi connectivity index (χ1) is 12.0. The minimum absolute atomic E-state index is 0.0405. The van der Waals surface area contributed by atoms with Gasteiger partial charge in [-0.25, -0.2) is 0 Å². The summed E-state index contributed by atoms with van der Waals surface area (Å²) in [4.78, 5) is 0. The van der Waals surface area contributed by atoms with Crippen molar-refractivity contribution in [2.75, 3.05) is 20.8 Å². The number of nitrogens with one attached hydrogen (secondary N) is 1. The number of benzene rings is 2. The third-order valence-electron chi connectivity index (χ3n) is 4.03. The van der Waals surface area contributed by atoms with E-state index in [0.717, 1.165) is 22.4 Å². The molecule has 1 N–H and O–H groups in total. The second-order valence-corrected chi connectivity index (χ2v) is 6.49. The van der Waals surface area contributed by atoms with Crippen molar-refractivity contribution in [3.05, 3.63) is 52.0 Å². The van der Waals surface area contributed by atoms with Gasteiger partial charge in [0.25, 0.3) is 0 Å². The maximum atomic E-state index is 6.32. The third-order valence-corrected chi connectivity index (χ3v) is 4.38. The molecule has 2 aromatic carbocycles. The van der Waals surface area contributed by atoms with Crippen LogP contribution >= 0.6 is 11.6 Å². The Labute approximate surface area is 155 Å². The van der Waals surface area contributed by atoms with Crippen LogP contribution in [0.15, 0.2) is 30.3 Å². The molecule has 2 rings (SSSR count). The number of hydrogen-bond donors (Lipinski definition) is 1. The number of rotatable bonds is 8. The van der Waals surface area contributed by atoms with Crippen LogP contribution in [0.1, 0.15) is 23.6 Å². The number of methoxy groups -OCH3 is 2. The van der Waals surface area contributed by atoms with E-state index < -0.39 is 0 Å². The summed E-state index contributed by atoms with van der Waals surface area (Å²) in [6, 6.07) is 9.83. The summed E-state index contributed by atoms with van der Waals surface area (Å²) in [5.74, 6) is 2.26. The van der Waals surface area contributed by atoms with Crippen molar-refractivity contribution in [3.63, 3.8) is 0 Å². The Balaban J connectivity index is 1.94. The lowest BCUT2D eigenvalue weighted by Crippen LogP contribution is -2.29. The van der Waals surface area contributed by atoms with Crippen LogP contribution in [0, 0.1) is 13.8 Å². The number of hydrogen-bond acceptors (Lipinski definition) is 4. The van der Waals surface area contributed by atoms with Gasteiger partial charge < -0.3 is 19.5 Å². The minimum Gasteiger partial charge on any atom is -0.493 e. The van der Waals surface area contributed by atoms with Crippen molar-refractivity contribution in [3.8, 4) is 17.2 Å². The largest absolute Gasteiger partial charge is 0.493 e. The molecule has 0 bridgehead atoms. The van der Waals surface area contributed by atoms with Gasteiger partial charge in [0.15, 0.2) is 11.5 Å². The highest BCUT2D eigenvalue weighted by Gasteiger charge is 2.12. The Morgan fingerprint density at radius 1 is 1.04 bits per heavy atom. The molecule has 0 fully saturated rings. The highest BCUT2D eigenvalue weighted by atomic mass is 35.5. The maximum absolute atomic E-state index is 6.32. The first-order valence-corrected chi connectivity index (χ1v) is 8.68. The zero-order valence-electron chi connectivity index (χ0n) is 15.5. The summed E-state index contributed by atoms with van der Waals surface area (Å²) in [6.07, 6.45) is 0.0405. The lowest BCUT2D eigenvalue weighted by atomic mass is 10.1. The molecule has 5 heteroatoms. The van der Waals surface area contributed by atoms with Crippen molar-refractivity contribution < 1.29 is 14.2 Å². The van der Waals surface area contributed by atoms with Crippen LogP contribution < -0.4 is 19.5 Å². The zero-order valence-corrected chi connectivity index (χ0v) is 16.2.